The van der Waals surface area contributed by atoms with Gasteiger partial charge in [-0.2, -0.15) is 0 Å². The summed E-state index contributed by atoms with van der Waals surface area (Å²) in [5.74, 6) is -1.28. The first-order valence-electron chi connectivity index (χ1n) is 6.78. The van der Waals surface area contributed by atoms with Crippen molar-refractivity contribution in [2.24, 2.45) is 0 Å². The molecule has 1 aromatic rings. The first-order valence-corrected chi connectivity index (χ1v) is 6.78. The number of nitro benzene ring substituents is 1. The lowest BCUT2D eigenvalue weighted by Gasteiger charge is -2.26. The summed E-state index contributed by atoms with van der Waals surface area (Å²) in [6.45, 7) is 4.36. The maximum atomic E-state index is 11.2. The molecule has 0 radical (unpaired) electrons. The van der Waals surface area contributed by atoms with E-state index in [4.69, 9.17) is 5.11 Å². The van der Waals surface area contributed by atoms with E-state index in [-0.39, 0.29) is 11.3 Å². The third-order valence-corrected chi connectivity index (χ3v) is 3.08. The van der Waals surface area contributed by atoms with Crippen LogP contribution in [0.15, 0.2) is 18.2 Å². The summed E-state index contributed by atoms with van der Waals surface area (Å²) in [5, 5.41) is 20.0. The summed E-state index contributed by atoms with van der Waals surface area (Å²) in [5.41, 5.74) is 0.0421. The SMILES string of the molecule is CCCN(CCN(C)C)c1ccc([N+](=O)[O-])c(C(=O)O)c1. The van der Waals surface area contributed by atoms with E-state index < -0.39 is 10.9 Å². The summed E-state index contributed by atoms with van der Waals surface area (Å²) in [6, 6.07) is 4.25. The lowest BCUT2D eigenvalue weighted by atomic mass is 10.1. The Labute approximate surface area is 123 Å². The number of nitro groups is 1. The van der Waals surface area contributed by atoms with Crippen molar-refractivity contribution in [3.05, 3.63) is 33.9 Å². The fourth-order valence-electron chi connectivity index (χ4n) is 2.01. The minimum atomic E-state index is -1.28. The molecule has 21 heavy (non-hydrogen) atoms. The quantitative estimate of drug-likeness (QED) is 0.583. The van der Waals surface area contributed by atoms with Crippen molar-refractivity contribution in [1.82, 2.24) is 4.90 Å². The molecule has 116 valence electrons. The van der Waals surface area contributed by atoms with Gasteiger partial charge in [0.15, 0.2) is 0 Å². The van der Waals surface area contributed by atoms with E-state index in [2.05, 4.69) is 0 Å². The van der Waals surface area contributed by atoms with Gasteiger partial charge < -0.3 is 14.9 Å². The zero-order valence-electron chi connectivity index (χ0n) is 12.6. The van der Waals surface area contributed by atoms with Crippen molar-refractivity contribution < 1.29 is 14.8 Å². The van der Waals surface area contributed by atoms with Crippen molar-refractivity contribution in [3.63, 3.8) is 0 Å². The molecular weight excluding hydrogens is 274 g/mol. The number of benzene rings is 1. The van der Waals surface area contributed by atoms with Crippen LogP contribution >= 0.6 is 0 Å². The molecule has 1 aromatic carbocycles. The molecule has 0 aliphatic heterocycles. The highest BCUT2D eigenvalue weighted by atomic mass is 16.6. The third-order valence-electron chi connectivity index (χ3n) is 3.08. The first-order chi connectivity index (χ1) is 9.86. The van der Waals surface area contributed by atoms with Crippen LogP contribution in [0.1, 0.15) is 23.7 Å². The fraction of sp³-hybridized carbons (Fsp3) is 0.500. The molecule has 1 rings (SSSR count). The maximum absolute atomic E-state index is 11.2. The Morgan fingerprint density at radius 3 is 2.43 bits per heavy atom. The lowest BCUT2D eigenvalue weighted by molar-refractivity contribution is -0.385. The van der Waals surface area contributed by atoms with Crippen LogP contribution in [-0.2, 0) is 0 Å². The van der Waals surface area contributed by atoms with Crippen LogP contribution in [-0.4, -0.2) is 54.6 Å². The molecule has 0 heterocycles. The molecule has 0 amide bonds. The molecule has 7 heteroatoms. The van der Waals surface area contributed by atoms with Gasteiger partial charge in [0.25, 0.3) is 5.69 Å². The van der Waals surface area contributed by atoms with Gasteiger partial charge in [0.1, 0.15) is 5.56 Å². The number of carbonyl (C=O) groups is 1. The Bertz CT molecular complexity index is 517. The van der Waals surface area contributed by atoms with Gasteiger partial charge in [0, 0.05) is 31.4 Å². The highest BCUT2D eigenvalue weighted by Crippen LogP contribution is 2.25. The summed E-state index contributed by atoms with van der Waals surface area (Å²) >= 11 is 0. The number of rotatable bonds is 8. The number of nitrogens with zero attached hydrogens (tertiary/aromatic N) is 3. The van der Waals surface area contributed by atoms with Crippen LogP contribution < -0.4 is 4.90 Å². The smallest absolute Gasteiger partial charge is 0.342 e. The van der Waals surface area contributed by atoms with E-state index in [1.807, 2.05) is 30.8 Å². The number of carboxylic acid groups (broad SMARTS) is 1. The number of aromatic carboxylic acids is 1. The fourth-order valence-corrected chi connectivity index (χ4v) is 2.01. The van der Waals surface area contributed by atoms with E-state index in [0.717, 1.165) is 26.1 Å². The van der Waals surface area contributed by atoms with Gasteiger partial charge in [-0.1, -0.05) is 6.92 Å². The van der Waals surface area contributed by atoms with Crippen LogP contribution in [0, 0.1) is 10.1 Å². The van der Waals surface area contributed by atoms with Crippen LogP contribution in [0.25, 0.3) is 0 Å². The second kappa shape index (κ2) is 7.58. The molecule has 0 spiro atoms. The van der Waals surface area contributed by atoms with Crippen molar-refractivity contribution >= 4 is 17.3 Å². The predicted octanol–water partition coefficient (Wildman–Crippen LogP) is 2.07. The average Bonchev–Trinajstić information content (AvgIpc) is 2.42. The molecular formula is C14H21N3O4. The zero-order chi connectivity index (χ0) is 16.0. The largest absolute Gasteiger partial charge is 0.477 e. The average molecular weight is 295 g/mol. The highest BCUT2D eigenvalue weighted by molar-refractivity contribution is 5.93. The summed E-state index contributed by atoms with van der Waals surface area (Å²) in [6.07, 6.45) is 0.910. The highest BCUT2D eigenvalue weighted by Gasteiger charge is 2.21. The van der Waals surface area contributed by atoms with Crippen molar-refractivity contribution in [2.45, 2.75) is 13.3 Å². The topological polar surface area (TPSA) is 86.9 Å². The van der Waals surface area contributed by atoms with Crippen LogP contribution in [0.5, 0.6) is 0 Å². The van der Waals surface area contributed by atoms with Crippen LogP contribution in [0.2, 0.25) is 0 Å². The van der Waals surface area contributed by atoms with Gasteiger partial charge in [0.05, 0.1) is 4.92 Å². The van der Waals surface area contributed by atoms with E-state index >= 15 is 0 Å². The van der Waals surface area contributed by atoms with Gasteiger partial charge in [-0.3, -0.25) is 10.1 Å². The molecule has 0 saturated heterocycles. The van der Waals surface area contributed by atoms with Crippen LogP contribution in [0.4, 0.5) is 11.4 Å². The Kier molecular flexibility index (Phi) is 6.10. The molecule has 0 aliphatic carbocycles. The molecule has 0 aliphatic rings. The van der Waals surface area contributed by atoms with Crippen molar-refractivity contribution in [1.29, 1.82) is 0 Å². The molecule has 0 atom stereocenters. The minimum absolute atomic E-state index is 0.275. The standard InChI is InChI=1S/C14H21N3O4/c1-4-7-16(9-8-15(2)3)11-5-6-13(17(20)21)12(10-11)14(18)19/h5-6,10H,4,7-9H2,1-3H3,(H,18,19). The zero-order valence-corrected chi connectivity index (χ0v) is 12.6. The molecule has 0 aromatic heterocycles. The molecule has 0 bridgehead atoms. The van der Waals surface area contributed by atoms with Gasteiger partial charge in [-0.25, -0.2) is 4.79 Å². The van der Waals surface area contributed by atoms with E-state index in [9.17, 15) is 14.9 Å². The normalized spacial score (nSPS) is 10.7. The number of anilines is 1. The van der Waals surface area contributed by atoms with Gasteiger partial charge in [0.2, 0.25) is 0 Å². The summed E-state index contributed by atoms with van der Waals surface area (Å²) in [4.78, 5) is 25.5. The van der Waals surface area contributed by atoms with Crippen molar-refractivity contribution in [3.8, 4) is 0 Å². The third kappa shape index (κ3) is 4.71. The summed E-state index contributed by atoms with van der Waals surface area (Å²) in [7, 11) is 3.92. The Balaban J connectivity index is 3.11. The summed E-state index contributed by atoms with van der Waals surface area (Å²) < 4.78 is 0. The van der Waals surface area contributed by atoms with Gasteiger partial charge in [-0.15, -0.1) is 0 Å². The predicted molar refractivity (Wildman–Crippen MR) is 81.1 cm³/mol. The maximum Gasteiger partial charge on any atom is 0.342 e. The van der Waals surface area contributed by atoms with Crippen LogP contribution in [0.3, 0.4) is 0 Å². The van der Waals surface area contributed by atoms with E-state index in [1.54, 1.807) is 6.07 Å². The second-order valence-electron chi connectivity index (χ2n) is 5.05. The Morgan fingerprint density at radius 1 is 1.29 bits per heavy atom. The number of hydrogen-bond acceptors (Lipinski definition) is 5. The molecule has 0 saturated carbocycles. The number of hydrogen-bond donors (Lipinski definition) is 1. The lowest BCUT2D eigenvalue weighted by Crippen LogP contribution is -2.32. The monoisotopic (exact) mass is 295 g/mol. The molecule has 7 nitrogen and oxygen atoms in total. The number of carboxylic acids is 1. The van der Waals surface area contributed by atoms with Gasteiger partial charge in [-0.05, 0) is 32.6 Å². The molecule has 1 N–H and O–H groups in total. The minimum Gasteiger partial charge on any atom is -0.477 e. The Morgan fingerprint density at radius 2 is 1.95 bits per heavy atom. The van der Waals surface area contributed by atoms with Crippen molar-refractivity contribution in [2.75, 3.05) is 38.6 Å². The van der Waals surface area contributed by atoms with E-state index in [0.29, 0.717) is 5.69 Å². The van der Waals surface area contributed by atoms with E-state index in [1.165, 1.54) is 12.1 Å². The molecule has 0 fully saturated rings. The molecule has 0 unspecified atom stereocenters. The Hall–Kier alpha value is -2.15. The first kappa shape index (κ1) is 16.9. The van der Waals surface area contributed by atoms with Gasteiger partial charge >= 0.3 is 5.97 Å². The number of likely N-dealkylation sites (N-methyl/N-ethyl adjacent to an activating group) is 1. The second-order valence-corrected chi connectivity index (χ2v) is 5.05.